The van der Waals surface area contributed by atoms with Crippen LogP contribution >= 0.6 is 0 Å². The van der Waals surface area contributed by atoms with E-state index in [1.54, 1.807) is 0 Å². The smallest absolute Gasteiger partial charge is 0.00623 e. The third kappa shape index (κ3) is 5.16. The lowest BCUT2D eigenvalue weighted by Crippen LogP contribution is -1.74. The Hall–Kier alpha value is -0.980. The van der Waals surface area contributed by atoms with Gasteiger partial charge in [0.25, 0.3) is 0 Å². The van der Waals surface area contributed by atoms with E-state index in [0.717, 1.165) is 0 Å². The van der Waals surface area contributed by atoms with Crippen LogP contribution in [0.2, 0.25) is 0 Å². The molecule has 56 valence electrons. The van der Waals surface area contributed by atoms with Gasteiger partial charge in [0, 0.05) is 0 Å². The van der Waals surface area contributed by atoms with Gasteiger partial charge in [-0.05, 0) is 33.0 Å². The van der Waals surface area contributed by atoms with Gasteiger partial charge in [-0.1, -0.05) is 23.3 Å². The maximum atomic E-state index is 5.16. The molecule has 0 aliphatic rings. The first kappa shape index (κ1) is 9.02. The number of hydrogen-bond donors (Lipinski definition) is 1. The summed E-state index contributed by atoms with van der Waals surface area (Å²) in [4.78, 5) is 0. The van der Waals surface area contributed by atoms with Gasteiger partial charge in [0.2, 0.25) is 0 Å². The number of nitrogens with two attached hydrogens (primary N) is 1. The van der Waals surface area contributed by atoms with E-state index in [1.165, 1.54) is 17.3 Å². The molecule has 0 aromatic rings. The van der Waals surface area contributed by atoms with Gasteiger partial charge in [0.15, 0.2) is 0 Å². The third-order valence-electron chi connectivity index (χ3n) is 0.987. The zero-order valence-electron chi connectivity index (χ0n) is 6.89. The molecule has 0 atom stereocenters. The molecule has 0 radical (unpaired) electrons. The SMILES string of the molecule is CC(C)=C/C(C)=C\C=C\N. The molecule has 1 nitrogen and oxygen atoms in total. The first-order valence-electron chi connectivity index (χ1n) is 3.37. The lowest BCUT2D eigenvalue weighted by atomic mass is 10.2. The van der Waals surface area contributed by atoms with Gasteiger partial charge in [-0.25, -0.2) is 0 Å². The van der Waals surface area contributed by atoms with Crippen LogP contribution in [0.4, 0.5) is 0 Å². The second kappa shape index (κ2) is 4.86. The summed E-state index contributed by atoms with van der Waals surface area (Å²) in [6, 6.07) is 0. The molecule has 0 saturated heterocycles. The van der Waals surface area contributed by atoms with E-state index in [0.29, 0.717) is 0 Å². The van der Waals surface area contributed by atoms with Crippen molar-refractivity contribution in [1.82, 2.24) is 0 Å². The molecule has 0 unspecified atom stereocenters. The van der Waals surface area contributed by atoms with E-state index < -0.39 is 0 Å². The molecular formula is C9H15N. The van der Waals surface area contributed by atoms with Crippen LogP contribution in [-0.4, -0.2) is 0 Å². The summed E-state index contributed by atoms with van der Waals surface area (Å²) in [5.74, 6) is 0. The van der Waals surface area contributed by atoms with E-state index in [-0.39, 0.29) is 0 Å². The van der Waals surface area contributed by atoms with Gasteiger partial charge < -0.3 is 5.73 Å². The van der Waals surface area contributed by atoms with E-state index in [2.05, 4.69) is 19.9 Å². The average molecular weight is 137 g/mol. The van der Waals surface area contributed by atoms with Crippen LogP contribution < -0.4 is 5.73 Å². The van der Waals surface area contributed by atoms with E-state index in [4.69, 9.17) is 5.73 Å². The Morgan fingerprint density at radius 1 is 1.20 bits per heavy atom. The van der Waals surface area contributed by atoms with Crippen LogP contribution in [0, 0.1) is 0 Å². The molecular weight excluding hydrogens is 122 g/mol. The molecule has 0 aromatic carbocycles. The Morgan fingerprint density at radius 2 is 1.80 bits per heavy atom. The second-order valence-electron chi connectivity index (χ2n) is 2.52. The van der Waals surface area contributed by atoms with Crippen LogP contribution in [0.15, 0.2) is 35.6 Å². The molecule has 0 aliphatic carbocycles. The minimum absolute atomic E-state index is 1.22. The molecule has 0 aromatic heterocycles. The van der Waals surface area contributed by atoms with Gasteiger partial charge >= 0.3 is 0 Å². The van der Waals surface area contributed by atoms with Gasteiger partial charge in [0.1, 0.15) is 0 Å². The van der Waals surface area contributed by atoms with Gasteiger partial charge in [-0.15, -0.1) is 0 Å². The first-order valence-corrected chi connectivity index (χ1v) is 3.37. The fraction of sp³-hybridized carbons (Fsp3) is 0.333. The quantitative estimate of drug-likeness (QED) is 0.581. The zero-order valence-corrected chi connectivity index (χ0v) is 6.89. The lowest BCUT2D eigenvalue weighted by Gasteiger charge is -1.89. The summed E-state index contributed by atoms with van der Waals surface area (Å²) in [5, 5.41) is 0. The van der Waals surface area contributed by atoms with Crippen molar-refractivity contribution in [2.45, 2.75) is 20.8 Å². The van der Waals surface area contributed by atoms with E-state index in [1.807, 2.05) is 19.1 Å². The highest BCUT2D eigenvalue weighted by Gasteiger charge is 1.78. The Labute approximate surface area is 62.9 Å². The van der Waals surface area contributed by atoms with E-state index in [9.17, 15) is 0 Å². The predicted octanol–water partition coefficient (Wildman–Crippen LogP) is 2.37. The monoisotopic (exact) mass is 137 g/mol. The van der Waals surface area contributed by atoms with Crippen molar-refractivity contribution in [3.8, 4) is 0 Å². The summed E-state index contributed by atoms with van der Waals surface area (Å²) in [5.41, 5.74) is 7.69. The molecule has 0 heterocycles. The molecule has 1 heteroatoms. The minimum Gasteiger partial charge on any atom is -0.405 e. The molecule has 0 rings (SSSR count). The highest BCUT2D eigenvalue weighted by Crippen LogP contribution is 1.99. The number of rotatable bonds is 2. The Morgan fingerprint density at radius 3 is 2.20 bits per heavy atom. The molecule has 0 spiro atoms. The highest BCUT2D eigenvalue weighted by atomic mass is 14.5. The summed E-state index contributed by atoms with van der Waals surface area (Å²) >= 11 is 0. The van der Waals surface area contributed by atoms with Crippen LogP contribution in [0.3, 0.4) is 0 Å². The van der Waals surface area contributed by atoms with Gasteiger partial charge in [-0.2, -0.15) is 0 Å². The van der Waals surface area contributed by atoms with Crippen LogP contribution in [0.25, 0.3) is 0 Å². The molecule has 0 aliphatic heterocycles. The zero-order chi connectivity index (χ0) is 7.98. The van der Waals surface area contributed by atoms with Crippen molar-refractivity contribution in [1.29, 1.82) is 0 Å². The number of allylic oxidation sites excluding steroid dienone is 5. The first-order chi connectivity index (χ1) is 4.66. The maximum Gasteiger partial charge on any atom is -0.00623 e. The summed E-state index contributed by atoms with van der Waals surface area (Å²) in [6.07, 6.45) is 7.45. The standard InChI is InChI=1S/C9H15N/c1-8(2)7-9(3)5-4-6-10/h4-7H,10H2,1-3H3/b6-4+,9-5-. The van der Waals surface area contributed by atoms with Crippen molar-refractivity contribution < 1.29 is 0 Å². The normalized spacial score (nSPS) is 12.1. The van der Waals surface area contributed by atoms with Crippen molar-refractivity contribution >= 4 is 0 Å². The average Bonchev–Trinajstić information content (AvgIpc) is 1.82. The molecule has 10 heavy (non-hydrogen) atoms. The van der Waals surface area contributed by atoms with E-state index >= 15 is 0 Å². The highest BCUT2D eigenvalue weighted by molar-refractivity contribution is 5.23. The number of hydrogen-bond acceptors (Lipinski definition) is 1. The minimum atomic E-state index is 1.22. The van der Waals surface area contributed by atoms with Gasteiger partial charge in [-0.3, -0.25) is 0 Å². The van der Waals surface area contributed by atoms with Crippen LogP contribution in [0.5, 0.6) is 0 Å². The Bertz CT molecular complexity index is 169. The molecule has 0 amide bonds. The molecule has 0 saturated carbocycles. The fourth-order valence-corrected chi connectivity index (χ4v) is 0.711. The van der Waals surface area contributed by atoms with Gasteiger partial charge in [0.05, 0.1) is 0 Å². The Balaban J connectivity index is 4.08. The van der Waals surface area contributed by atoms with Crippen LogP contribution in [0.1, 0.15) is 20.8 Å². The second-order valence-corrected chi connectivity index (χ2v) is 2.52. The Kier molecular flexibility index (Phi) is 4.38. The topological polar surface area (TPSA) is 26.0 Å². The molecule has 2 N–H and O–H groups in total. The predicted molar refractivity (Wildman–Crippen MR) is 46.5 cm³/mol. The summed E-state index contributed by atoms with van der Waals surface area (Å²) in [7, 11) is 0. The molecule has 0 fully saturated rings. The summed E-state index contributed by atoms with van der Waals surface area (Å²) in [6.45, 7) is 6.19. The fourth-order valence-electron chi connectivity index (χ4n) is 0.711. The largest absolute Gasteiger partial charge is 0.405 e. The van der Waals surface area contributed by atoms with Crippen molar-refractivity contribution in [2.24, 2.45) is 5.73 Å². The van der Waals surface area contributed by atoms with Crippen LogP contribution in [-0.2, 0) is 0 Å². The lowest BCUT2D eigenvalue weighted by molar-refractivity contribution is 1.35. The maximum absolute atomic E-state index is 5.16. The van der Waals surface area contributed by atoms with Crippen molar-refractivity contribution in [2.75, 3.05) is 0 Å². The molecule has 0 bridgehead atoms. The summed E-state index contributed by atoms with van der Waals surface area (Å²) < 4.78 is 0. The van der Waals surface area contributed by atoms with Crippen molar-refractivity contribution in [3.63, 3.8) is 0 Å². The third-order valence-corrected chi connectivity index (χ3v) is 0.987. The van der Waals surface area contributed by atoms with Crippen molar-refractivity contribution in [3.05, 3.63) is 35.6 Å².